The smallest absolute Gasteiger partial charge is 0.299 e. The van der Waals surface area contributed by atoms with Crippen LogP contribution in [0, 0.1) is 5.82 Å². The van der Waals surface area contributed by atoms with Gasteiger partial charge < -0.3 is 0 Å². The Morgan fingerprint density at radius 3 is 2.41 bits per heavy atom. The Labute approximate surface area is 170 Å². The van der Waals surface area contributed by atoms with Gasteiger partial charge in [0.05, 0.1) is 23.1 Å². The predicted octanol–water partition coefficient (Wildman–Crippen LogP) is 4.41. The number of fused-ring (bicyclic) bond motifs is 1. The molecule has 156 valence electrons. The number of ketones is 1. The highest BCUT2D eigenvalue weighted by atomic mass is 32.2. The molecule has 0 radical (unpaired) electrons. The molecule has 10 heteroatoms. The maximum atomic E-state index is 13.6. The van der Waals surface area contributed by atoms with E-state index in [1.165, 1.54) is 18.7 Å². The lowest BCUT2D eigenvalue weighted by atomic mass is 9.95. The minimum Gasteiger partial charge on any atom is -0.299 e. The van der Waals surface area contributed by atoms with E-state index in [0.717, 1.165) is 21.5 Å². The third-order valence-corrected chi connectivity index (χ3v) is 7.34. The second kappa shape index (κ2) is 7.73. The van der Waals surface area contributed by atoms with Crippen LogP contribution in [0.5, 0.6) is 0 Å². The van der Waals surface area contributed by atoms with Crippen molar-refractivity contribution >= 4 is 27.6 Å². The monoisotopic (exact) mass is 447 g/mol. The fourth-order valence-corrected chi connectivity index (χ4v) is 6.20. The molecule has 0 aromatic heterocycles. The molecule has 0 N–H and O–H groups in total. The summed E-state index contributed by atoms with van der Waals surface area (Å²) >= 11 is 1.17. The van der Waals surface area contributed by atoms with Crippen LogP contribution in [0.4, 0.5) is 17.6 Å². The molecular weight excluding hydrogens is 430 g/mol. The minimum absolute atomic E-state index is 0.0250. The first-order valence-corrected chi connectivity index (χ1v) is 11.2. The van der Waals surface area contributed by atoms with Crippen molar-refractivity contribution in [3.05, 3.63) is 65.0 Å². The zero-order valence-corrected chi connectivity index (χ0v) is 17.0. The molecule has 1 heterocycles. The number of halogens is 4. The van der Waals surface area contributed by atoms with Gasteiger partial charge in [0.25, 0.3) is 0 Å². The molecule has 2 atom stereocenters. The fraction of sp³-hybridized carbons (Fsp3) is 0.316. The number of sulfonamides is 1. The summed E-state index contributed by atoms with van der Waals surface area (Å²) < 4.78 is 78.7. The lowest BCUT2D eigenvalue weighted by Gasteiger charge is -2.29. The topological polar surface area (TPSA) is 54.5 Å². The van der Waals surface area contributed by atoms with Gasteiger partial charge in [0.1, 0.15) is 11.6 Å². The van der Waals surface area contributed by atoms with Crippen molar-refractivity contribution < 1.29 is 30.8 Å². The van der Waals surface area contributed by atoms with E-state index in [1.54, 1.807) is 24.3 Å². The second-order valence-corrected chi connectivity index (χ2v) is 9.85. The summed E-state index contributed by atoms with van der Waals surface area (Å²) in [6, 6.07) is 9.35. The molecule has 0 fully saturated rings. The minimum atomic E-state index is -4.91. The van der Waals surface area contributed by atoms with Crippen LogP contribution >= 0.6 is 11.8 Å². The Hall–Kier alpha value is -1.91. The Bertz CT molecular complexity index is 1050. The molecule has 3 rings (SSSR count). The number of hydrogen-bond acceptors (Lipinski definition) is 4. The van der Waals surface area contributed by atoms with Gasteiger partial charge in [0.15, 0.2) is 0 Å². The summed E-state index contributed by atoms with van der Waals surface area (Å²) in [4.78, 5) is 13.0. The highest BCUT2D eigenvalue weighted by Gasteiger charge is 2.43. The van der Waals surface area contributed by atoms with Crippen LogP contribution < -0.4 is 0 Å². The largest absolute Gasteiger partial charge is 0.419 e. The van der Waals surface area contributed by atoms with Crippen molar-refractivity contribution in [1.82, 2.24) is 4.31 Å². The summed E-state index contributed by atoms with van der Waals surface area (Å²) in [5.41, 5.74) is -0.810. The number of Topliss-reactive ketones (excluding diaryl/α,β-unsaturated/α-hetero) is 1. The van der Waals surface area contributed by atoms with Crippen LogP contribution in [0.15, 0.2) is 47.4 Å². The Morgan fingerprint density at radius 1 is 1.17 bits per heavy atom. The molecule has 1 aliphatic heterocycles. The third kappa shape index (κ3) is 4.49. The zero-order valence-electron chi connectivity index (χ0n) is 15.4. The van der Waals surface area contributed by atoms with E-state index in [4.69, 9.17) is 0 Å². The zero-order chi connectivity index (χ0) is 21.6. The molecule has 0 saturated carbocycles. The summed E-state index contributed by atoms with van der Waals surface area (Å²) in [6.07, 6.45) is -3.97. The van der Waals surface area contributed by atoms with Gasteiger partial charge in [-0.15, -0.1) is 11.8 Å². The number of carbonyl (C=O) groups is 1. The number of benzene rings is 2. The van der Waals surface area contributed by atoms with E-state index in [9.17, 15) is 30.8 Å². The SMILES string of the molecule is CC(=O)C1c2ccccc2SC1N(Cc1ccc(F)c(C(F)(F)F)c1)S(C)(=O)=O. The van der Waals surface area contributed by atoms with E-state index in [0.29, 0.717) is 17.7 Å². The average molecular weight is 447 g/mol. The summed E-state index contributed by atoms with van der Waals surface area (Å²) in [5.74, 6) is -2.44. The van der Waals surface area contributed by atoms with E-state index >= 15 is 0 Å². The lowest BCUT2D eigenvalue weighted by molar-refractivity contribution is -0.140. The third-order valence-electron chi connectivity index (χ3n) is 4.61. The van der Waals surface area contributed by atoms with E-state index in [1.807, 2.05) is 0 Å². The molecule has 4 nitrogen and oxygen atoms in total. The summed E-state index contributed by atoms with van der Waals surface area (Å²) in [5, 5.41) is -0.848. The fourth-order valence-electron chi connectivity index (χ4n) is 3.31. The van der Waals surface area contributed by atoms with Crippen molar-refractivity contribution in [2.24, 2.45) is 0 Å². The van der Waals surface area contributed by atoms with E-state index in [2.05, 4.69) is 0 Å². The molecule has 0 bridgehead atoms. The first kappa shape index (κ1) is 21.8. The standard InChI is InChI=1S/C19H17F4NO3S2/c1-11(25)17-13-5-3-4-6-16(13)28-18(17)24(29(2,26)27)10-12-7-8-15(20)14(9-12)19(21,22)23/h3-9,17-18H,10H2,1-2H3. The van der Waals surface area contributed by atoms with Crippen molar-refractivity contribution in [3.8, 4) is 0 Å². The average Bonchev–Trinajstić information content (AvgIpc) is 2.97. The van der Waals surface area contributed by atoms with Gasteiger partial charge in [-0.2, -0.15) is 17.5 Å². The van der Waals surface area contributed by atoms with Crippen LogP contribution in [0.3, 0.4) is 0 Å². The van der Waals surface area contributed by atoms with Crippen molar-refractivity contribution in [2.45, 2.75) is 35.8 Å². The lowest BCUT2D eigenvalue weighted by Crippen LogP contribution is -2.40. The Kier molecular flexibility index (Phi) is 5.81. The van der Waals surface area contributed by atoms with Crippen LogP contribution in [0.1, 0.15) is 29.5 Å². The van der Waals surface area contributed by atoms with Crippen molar-refractivity contribution in [2.75, 3.05) is 6.26 Å². The van der Waals surface area contributed by atoms with Gasteiger partial charge in [-0.25, -0.2) is 12.8 Å². The molecule has 0 saturated heterocycles. The molecule has 0 aliphatic carbocycles. The first-order chi connectivity index (χ1) is 13.4. The molecule has 2 aromatic rings. The Balaban J connectivity index is 2.02. The van der Waals surface area contributed by atoms with Crippen molar-refractivity contribution in [3.63, 3.8) is 0 Å². The molecule has 0 spiro atoms. The van der Waals surface area contributed by atoms with Crippen LogP contribution in [-0.2, 0) is 27.5 Å². The number of alkyl halides is 3. The van der Waals surface area contributed by atoms with Gasteiger partial charge in [0.2, 0.25) is 10.0 Å². The van der Waals surface area contributed by atoms with Crippen LogP contribution in [0.2, 0.25) is 0 Å². The predicted molar refractivity (Wildman–Crippen MR) is 101 cm³/mol. The number of thioether (sulfide) groups is 1. The number of hydrogen-bond donors (Lipinski definition) is 0. The normalized spacial score (nSPS) is 19.4. The molecule has 29 heavy (non-hydrogen) atoms. The summed E-state index contributed by atoms with van der Waals surface area (Å²) in [7, 11) is -3.90. The van der Waals surface area contributed by atoms with Gasteiger partial charge in [-0.05, 0) is 36.2 Å². The van der Waals surface area contributed by atoms with Crippen LogP contribution in [0.25, 0.3) is 0 Å². The Morgan fingerprint density at radius 2 is 1.83 bits per heavy atom. The van der Waals surface area contributed by atoms with E-state index < -0.39 is 45.4 Å². The maximum Gasteiger partial charge on any atom is 0.419 e. The molecule has 1 aliphatic rings. The molecule has 2 aromatic carbocycles. The number of carbonyl (C=O) groups excluding carboxylic acids is 1. The summed E-state index contributed by atoms with van der Waals surface area (Å²) in [6.45, 7) is 0.929. The maximum absolute atomic E-state index is 13.6. The highest BCUT2D eigenvalue weighted by molar-refractivity contribution is 8.01. The molecule has 0 amide bonds. The first-order valence-electron chi connectivity index (χ1n) is 8.48. The number of nitrogens with zero attached hydrogens (tertiary/aromatic N) is 1. The van der Waals surface area contributed by atoms with Gasteiger partial charge in [0, 0.05) is 11.4 Å². The number of rotatable bonds is 5. The van der Waals surface area contributed by atoms with Gasteiger partial charge >= 0.3 is 6.18 Å². The molecule has 2 unspecified atom stereocenters. The van der Waals surface area contributed by atoms with Crippen LogP contribution in [-0.4, -0.2) is 30.1 Å². The van der Waals surface area contributed by atoms with E-state index in [-0.39, 0.29) is 11.3 Å². The van der Waals surface area contributed by atoms with Gasteiger partial charge in [-0.3, -0.25) is 4.79 Å². The highest BCUT2D eigenvalue weighted by Crippen LogP contribution is 2.48. The second-order valence-electron chi connectivity index (χ2n) is 6.75. The quantitative estimate of drug-likeness (QED) is 0.638. The van der Waals surface area contributed by atoms with Crippen molar-refractivity contribution in [1.29, 1.82) is 0 Å². The van der Waals surface area contributed by atoms with Gasteiger partial charge in [-0.1, -0.05) is 24.3 Å². The molecular formula is C19H17F4NO3S2.